The highest BCUT2D eigenvalue weighted by Gasteiger charge is 2.25. The quantitative estimate of drug-likeness (QED) is 0.909. The first-order chi connectivity index (χ1) is 8.70. The molecule has 0 saturated heterocycles. The van der Waals surface area contributed by atoms with Crippen LogP contribution in [0.1, 0.15) is 26.3 Å². The van der Waals surface area contributed by atoms with Gasteiger partial charge in [-0.2, -0.15) is 0 Å². The molecular weight excluding hydrogens is 240 g/mol. The van der Waals surface area contributed by atoms with Crippen LogP contribution < -0.4 is 5.32 Å². The van der Waals surface area contributed by atoms with Crippen molar-refractivity contribution in [1.82, 2.24) is 4.90 Å². The van der Waals surface area contributed by atoms with E-state index >= 15 is 0 Å². The lowest BCUT2D eigenvalue weighted by Crippen LogP contribution is -2.41. The number of nitrogens with zero attached hydrogens (tertiary/aromatic N) is 1. The fourth-order valence-electron chi connectivity index (χ4n) is 1.70. The van der Waals surface area contributed by atoms with E-state index < -0.39 is 5.41 Å². The summed E-state index contributed by atoms with van der Waals surface area (Å²) < 4.78 is 0. The maximum atomic E-state index is 11.9. The van der Waals surface area contributed by atoms with Crippen LogP contribution in [0.2, 0.25) is 0 Å². The zero-order chi connectivity index (χ0) is 14.6. The average molecular weight is 262 g/mol. The highest BCUT2D eigenvalue weighted by molar-refractivity contribution is 5.95. The molecule has 1 N–H and O–H groups in total. The number of carbonyl (C=O) groups excluding carboxylic acids is 2. The maximum Gasteiger partial charge on any atom is 0.243 e. The van der Waals surface area contributed by atoms with Gasteiger partial charge in [-0.1, -0.05) is 38.5 Å². The third kappa shape index (κ3) is 4.73. The van der Waals surface area contributed by atoms with Gasteiger partial charge in [-0.05, 0) is 19.1 Å². The van der Waals surface area contributed by atoms with Gasteiger partial charge in [0.2, 0.25) is 11.8 Å². The second kappa shape index (κ2) is 5.87. The fourth-order valence-corrected chi connectivity index (χ4v) is 1.70. The van der Waals surface area contributed by atoms with Gasteiger partial charge in [0.15, 0.2) is 0 Å². The van der Waals surface area contributed by atoms with Crippen LogP contribution in [-0.2, 0) is 9.59 Å². The van der Waals surface area contributed by atoms with Crippen molar-refractivity contribution < 1.29 is 9.59 Å². The molecule has 0 aliphatic rings. The Labute approximate surface area is 114 Å². The van der Waals surface area contributed by atoms with E-state index in [0.717, 1.165) is 11.3 Å². The molecule has 0 aliphatic heterocycles. The van der Waals surface area contributed by atoms with Crippen molar-refractivity contribution in [2.45, 2.75) is 27.7 Å². The summed E-state index contributed by atoms with van der Waals surface area (Å²) in [6.45, 7) is 7.56. The first-order valence-corrected chi connectivity index (χ1v) is 6.32. The fraction of sp³-hybridized carbons (Fsp3) is 0.467. The van der Waals surface area contributed by atoms with Crippen molar-refractivity contribution in [1.29, 1.82) is 0 Å². The molecule has 0 radical (unpaired) electrons. The lowest BCUT2D eigenvalue weighted by Gasteiger charge is -2.25. The second-order valence-electron chi connectivity index (χ2n) is 5.83. The van der Waals surface area contributed by atoms with Crippen molar-refractivity contribution in [3.05, 3.63) is 29.8 Å². The molecule has 0 spiro atoms. The molecule has 0 aromatic heterocycles. The molecule has 4 nitrogen and oxygen atoms in total. The third-order valence-corrected chi connectivity index (χ3v) is 2.70. The maximum absolute atomic E-state index is 11.9. The molecule has 0 unspecified atom stereocenters. The Hall–Kier alpha value is -1.84. The van der Waals surface area contributed by atoms with Crippen molar-refractivity contribution in [2.24, 2.45) is 5.41 Å². The lowest BCUT2D eigenvalue weighted by atomic mass is 9.95. The van der Waals surface area contributed by atoms with Gasteiger partial charge in [0, 0.05) is 18.2 Å². The predicted octanol–water partition coefficient (Wildman–Crippen LogP) is 2.44. The van der Waals surface area contributed by atoms with Crippen molar-refractivity contribution in [3.8, 4) is 0 Å². The van der Waals surface area contributed by atoms with Gasteiger partial charge in [0.25, 0.3) is 0 Å². The van der Waals surface area contributed by atoms with Crippen LogP contribution in [0.15, 0.2) is 24.3 Å². The molecule has 0 bridgehead atoms. The number of anilines is 1. The molecule has 2 amide bonds. The molecular formula is C15H22N2O2. The number of aryl methyl sites for hydroxylation is 1. The largest absolute Gasteiger partial charge is 0.336 e. The summed E-state index contributed by atoms with van der Waals surface area (Å²) in [5, 5.41) is 2.77. The van der Waals surface area contributed by atoms with E-state index in [1.807, 2.05) is 52.0 Å². The summed E-state index contributed by atoms with van der Waals surface area (Å²) in [7, 11) is 1.64. The van der Waals surface area contributed by atoms with Crippen LogP contribution in [0.3, 0.4) is 0 Å². The van der Waals surface area contributed by atoms with Gasteiger partial charge >= 0.3 is 0 Å². The van der Waals surface area contributed by atoms with E-state index in [1.165, 1.54) is 4.90 Å². The number of nitrogens with one attached hydrogen (secondary N) is 1. The van der Waals surface area contributed by atoms with Crippen LogP contribution in [0.4, 0.5) is 5.69 Å². The zero-order valence-corrected chi connectivity index (χ0v) is 12.3. The molecule has 0 heterocycles. The van der Waals surface area contributed by atoms with Gasteiger partial charge in [0.1, 0.15) is 0 Å². The molecule has 19 heavy (non-hydrogen) atoms. The highest BCUT2D eigenvalue weighted by Crippen LogP contribution is 2.16. The Morgan fingerprint density at radius 1 is 1.16 bits per heavy atom. The minimum absolute atomic E-state index is 0.0495. The van der Waals surface area contributed by atoms with Crippen LogP contribution in [0.5, 0.6) is 0 Å². The smallest absolute Gasteiger partial charge is 0.243 e. The van der Waals surface area contributed by atoms with Gasteiger partial charge in [0.05, 0.1) is 6.54 Å². The molecule has 4 heteroatoms. The number of hydrogen-bond acceptors (Lipinski definition) is 2. The number of hydrogen-bond donors (Lipinski definition) is 1. The summed E-state index contributed by atoms with van der Waals surface area (Å²) in [6.07, 6.45) is 0. The van der Waals surface area contributed by atoms with Crippen molar-refractivity contribution in [2.75, 3.05) is 18.9 Å². The summed E-state index contributed by atoms with van der Waals surface area (Å²) in [5.74, 6) is -0.240. The predicted molar refractivity (Wildman–Crippen MR) is 76.9 cm³/mol. The van der Waals surface area contributed by atoms with E-state index in [0.29, 0.717) is 0 Å². The van der Waals surface area contributed by atoms with Gasteiger partial charge in [-0.15, -0.1) is 0 Å². The van der Waals surface area contributed by atoms with Crippen LogP contribution >= 0.6 is 0 Å². The number of amides is 2. The normalized spacial score (nSPS) is 11.0. The van der Waals surface area contributed by atoms with E-state index in [9.17, 15) is 9.59 Å². The highest BCUT2D eigenvalue weighted by atomic mass is 16.2. The first kappa shape index (κ1) is 15.2. The molecule has 0 saturated carbocycles. The number of benzene rings is 1. The molecule has 1 rings (SSSR count). The van der Waals surface area contributed by atoms with Gasteiger partial charge in [-0.3, -0.25) is 9.59 Å². The molecule has 104 valence electrons. The van der Waals surface area contributed by atoms with Gasteiger partial charge in [-0.25, -0.2) is 0 Å². The average Bonchev–Trinajstić information content (AvgIpc) is 2.29. The molecule has 1 aromatic rings. The van der Waals surface area contributed by atoms with Crippen molar-refractivity contribution in [3.63, 3.8) is 0 Å². The lowest BCUT2D eigenvalue weighted by molar-refractivity contribution is -0.140. The Morgan fingerprint density at radius 3 is 2.16 bits per heavy atom. The van der Waals surface area contributed by atoms with Crippen LogP contribution in [-0.4, -0.2) is 30.3 Å². The summed E-state index contributed by atoms with van der Waals surface area (Å²) in [5.41, 5.74) is 1.41. The van der Waals surface area contributed by atoms with Gasteiger partial charge < -0.3 is 10.2 Å². The molecule has 0 fully saturated rings. The Kier molecular flexibility index (Phi) is 4.70. The number of likely N-dealkylation sites (N-methyl/N-ethyl adjacent to an activating group) is 1. The Balaban J connectivity index is 2.56. The minimum atomic E-state index is -0.473. The van der Waals surface area contributed by atoms with Crippen LogP contribution in [0, 0.1) is 12.3 Å². The van der Waals surface area contributed by atoms with Crippen molar-refractivity contribution >= 4 is 17.5 Å². The molecule has 0 atom stereocenters. The Morgan fingerprint density at radius 2 is 1.68 bits per heavy atom. The standard InChI is InChI=1S/C15H22N2O2/c1-11-6-8-12(9-7-11)16-13(18)10-17(5)14(19)15(2,3)4/h6-9H,10H2,1-5H3,(H,16,18). The monoisotopic (exact) mass is 262 g/mol. The first-order valence-electron chi connectivity index (χ1n) is 6.32. The summed E-state index contributed by atoms with van der Waals surface area (Å²) in [4.78, 5) is 25.2. The molecule has 1 aromatic carbocycles. The van der Waals surface area contributed by atoms with E-state index in [2.05, 4.69) is 5.32 Å². The molecule has 0 aliphatic carbocycles. The summed E-state index contributed by atoms with van der Waals surface area (Å²) >= 11 is 0. The second-order valence-corrected chi connectivity index (χ2v) is 5.83. The number of rotatable bonds is 3. The van der Waals surface area contributed by atoms with E-state index in [-0.39, 0.29) is 18.4 Å². The zero-order valence-electron chi connectivity index (χ0n) is 12.3. The van der Waals surface area contributed by atoms with E-state index in [4.69, 9.17) is 0 Å². The topological polar surface area (TPSA) is 49.4 Å². The third-order valence-electron chi connectivity index (χ3n) is 2.70. The van der Waals surface area contributed by atoms with Crippen LogP contribution in [0.25, 0.3) is 0 Å². The minimum Gasteiger partial charge on any atom is -0.336 e. The number of carbonyl (C=O) groups is 2. The SMILES string of the molecule is Cc1ccc(NC(=O)CN(C)C(=O)C(C)(C)C)cc1. The summed E-state index contributed by atoms with van der Waals surface area (Å²) in [6, 6.07) is 7.55. The Bertz CT molecular complexity index is 458. The van der Waals surface area contributed by atoms with E-state index in [1.54, 1.807) is 7.05 Å².